The van der Waals surface area contributed by atoms with Crippen molar-refractivity contribution in [2.45, 2.75) is 82.4 Å². The molecule has 0 spiro atoms. The van der Waals surface area contributed by atoms with Gasteiger partial charge in [0, 0.05) is 17.8 Å². The number of alkyl halides is 5. The van der Waals surface area contributed by atoms with Gasteiger partial charge in [-0.3, -0.25) is 4.79 Å². The van der Waals surface area contributed by atoms with E-state index in [0.717, 1.165) is 48.6 Å². The van der Waals surface area contributed by atoms with Crippen LogP contribution in [0.25, 0.3) is 22.4 Å². The minimum atomic E-state index is -5.86. The highest BCUT2D eigenvalue weighted by Gasteiger charge is 2.79. The Kier molecular flexibility index (Phi) is 7.06. The molecule has 45 heavy (non-hydrogen) atoms. The maximum atomic E-state index is 15.2. The molecule has 3 aromatic rings. The number of hydrogen-bond donors (Lipinski definition) is 1. The fourth-order valence-electron chi connectivity index (χ4n) is 8.91. The Morgan fingerprint density at radius 3 is 2.42 bits per heavy atom. The Labute approximate surface area is 262 Å². The molecule has 2 saturated carbocycles. The zero-order chi connectivity index (χ0) is 31.9. The van der Waals surface area contributed by atoms with Gasteiger partial charge in [0.2, 0.25) is 0 Å². The smallest absolute Gasteiger partial charge is 0.383 e. The first-order valence-electron chi connectivity index (χ1n) is 15.5. The van der Waals surface area contributed by atoms with E-state index in [1.54, 1.807) is 17.4 Å². The fourth-order valence-corrected chi connectivity index (χ4v) is 9.72. The third-order valence-electron chi connectivity index (χ3n) is 11.1. The third-order valence-corrected chi connectivity index (χ3v) is 12.0. The van der Waals surface area contributed by atoms with Crippen molar-refractivity contribution in [2.75, 3.05) is 0 Å². The van der Waals surface area contributed by atoms with Crippen LogP contribution < -0.4 is 0 Å². The van der Waals surface area contributed by atoms with E-state index in [2.05, 4.69) is 4.98 Å². The van der Waals surface area contributed by atoms with Crippen LogP contribution in [0.3, 0.4) is 0 Å². The van der Waals surface area contributed by atoms with E-state index in [0.29, 0.717) is 25.7 Å². The molecule has 1 N–H and O–H groups in total. The van der Waals surface area contributed by atoms with Crippen molar-refractivity contribution < 1.29 is 31.9 Å². The molecule has 0 saturated heterocycles. The van der Waals surface area contributed by atoms with Gasteiger partial charge in [0.1, 0.15) is 5.60 Å². The molecular weight excluding hydrogens is 605 g/mol. The molecule has 1 heterocycles. The maximum Gasteiger partial charge on any atom is 0.456 e. The number of halogens is 5. The molecule has 0 aliphatic heterocycles. The molecule has 2 fully saturated rings. The molecule has 4 aliphatic rings. The molecular formula is C36H34F5NO2S. The second-order valence-corrected chi connectivity index (χ2v) is 14.7. The molecule has 236 valence electrons. The van der Waals surface area contributed by atoms with Crippen LogP contribution in [0.1, 0.15) is 79.5 Å². The number of aryl methyl sites for hydroxylation is 1. The number of hydrogen-bond acceptors (Lipinski definition) is 4. The Hall–Kier alpha value is -3.17. The average Bonchev–Trinajstić information content (AvgIpc) is 3.50. The van der Waals surface area contributed by atoms with Gasteiger partial charge < -0.3 is 5.11 Å². The van der Waals surface area contributed by atoms with Crippen molar-refractivity contribution in [3.63, 3.8) is 0 Å². The molecule has 0 bridgehead atoms. The first kappa shape index (κ1) is 30.5. The Morgan fingerprint density at radius 2 is 1.69 bits per heavy atom. The highest BCUT2D eigenvalue weighted by molar-refractivity contribution is 7.18. The lowest BCUT2D eigenvalue weighted by molar-refractivity contribution is -0.362. The van der Waals surface area contributed by atoms with Gasteiger partial charge in [0.05, 0.1) is 15.2 Å². The monoisotopic (exact) mass is 639 g/mol. The summed E-state index contributed by atoms with van der Waals surface area (Å²) in [4.78, 5) is 16.8. The van der Waals surface area contributed by atoms with Crippen LogP contribution >= 0.6 is 11.3 Å². The normalized spacial score (nSPS) is 30.4. The van der Waals surface area contributed by atoms with Crippen molar-refractivity contribution in [1.29, 1.82) is 0 Å². The molecule has 0 radical (unpaired) electrons. The first-order chi connectivity index (χ1) is 21.2. The van der Waals surface area contributed by atoms with Crippen molar-refractivity contribution in [3.05, 3.63) is 87.0 Å². The van der Waals surface area contributed by atoms with Crippen LogP contribution in [-0.2, 0) is 4.79 Å². The zero-order valence-corrected chi connectivity index (χ0v) is 25.9. The van der Waals surface area contributed by atoms with E-state index >= 15 is 8.78 Å². The molecule has 1 aromatic heterocycles. The first-order valence-corrected chi connectivity index (χ1v) is 16.3. The van der Waals surface area contributed by atoms with Crippen LogP contribution in [0, 0.1) is 24.2 Å². The Balaban J connectivity index is 1.27. The largest absolute Gasteiger partial charge is 0.456 e. The van der Waals surface area contributed by atoms with Crippen LogP contribution in [0.5, 0.6) is 0 Å². The summed E-state index contributed by atoms with van der Waals surface area (Å²) in [6.45, 7) is 3.42. The van der Waals surface area contributed by atoms with E-state index in [9.17, 15) is 23.1 Å². The lowest BCUT2D eigenvalue weighted by Crippen LogP contribution is -2.65. The summed E-state index contributed by atoms with van der Waals surface area (Å²) in [5, 5.41) is 12.5. The molecule has 4 aliphatic carbocycles. The minimum Gasteiger partial charge on any atom is -0.383 e. The molecule has 2 aromatic carbocycles. The van der Waals surface area contributed by atoms with Crippen molar-refractivity contribution in [1.82, 2.24) is 4.98 Å². The number of aromatic nitrogens is 1. The summed E-state index contributed by atoms with van der Waals surface area (Å²) >= 11 is 1.64. The summed E-state index contributed by atoms with van der Waals surface area (Å²) in [6, 6.07) is 13.8. The van der Waals surface area contributed by atoms with Crippen LogP contribution in [0.4, 0.5) is 22.0 Å². The number of ketones is 1. The third kappa shape index (κ3) is 4.67. The predicted octanol–water partition coefficient (Wildman–Crippen LogP) is 9.60. The van der Waals surface area contributed by atoms with Crippen molar-refractivity contribution in [2.24, 2.45) is 17.3 Å². The summed E-state index contributed by atoms with van der Waals surface area (Å²) in [5.41, 5.74) is 1.89. The molecule has 5 atom stereocenters. The van der Waals surface area contributed by atoms with Gasteiger partial charge in [-0.25, -0.2) is 4.98 Å². The lowest BCUT2D eigenvalue weighted by atomic mass is 9.50. The number of benzene rings is 2. The molecule has 9 heteroatoms. The summed E-state index contributed by atoms with van der Waals surface area (Å²) < 4.78 is 73.0. The van der Waals surface area contributed by atoms with E-state index in [1.807, 2.05) is 61.5 Å². The zero-order valence-electron chi connectivity index (χ0n) is 25.1. The van der Waals surface area contributed by atoms with Crippen LogP contribution in [0.2, 0.25) is 0 Å². The van der Waals surface area contributed by atoms with Gasteiger partial charge in [-0.05, 0) is 103 Å². The van der Waals surface area contributed by atoms with Gasteiger partial charge in [-0.1, -0.05) is 55.0 Å². The second-order valence-electron chi connectivity index (χ2n) is 13.4. The van der Waals surface area contributed by atoms with Gasteiger partial charge in [-0.15, -0.1) is 11.3 Å². The number of nitrogens with zero attached hydrogens (tertiary/aromatic N) is 1. The Morgan fingerprint density at radius 1 is 0.978 bits per heavy atom. The summed E-state index contributed by atoms with van der Waals surface area (Å²) in [6.07, 6.45) is 1.30. The highest BCUT2D eigenvalue weighted by Crippen LogP contribution is 2.70. The quantitative estimate of drug-likeness (QED) is 0.229. The summed E-state index contributed by atoms with van der Waals surface area (Å²) in [7, 11) is 0. The number of carbonyl (C=O) groups is 1. The second kappa shape index (κ2) is 10.4. The Bertz CT molecular complexity index is 1780. The maximum absolute atomic E-state index is 15.2. The molecule has 0 unspecified atom stereocenters. The minimum absolute atomic E-state index is 0.0291. The van der Waals surface area contributed by atoms with E-state index in [1.165, 1.54) is 6.92 Å². The number of carbonyl (C=O) groups excluding carboxylic acids is 1. The number of allylic oxidation sites excluding steroid dienone is 4. The predicted molar refractivity (Wildman–Crippen MR) is 166 cm³/mol. The number of aliphatic hydroxyl groups is 1. The van der Waals surface area contributed by atoms with E-state index in [4.69, 9.17) is 0 Å². The van der Waals surface area contributed by atoms with E-state index in [-0.39, 0.29) is 24.5 Å². The fraction of sp³-hybridized carbons (Fsp3) is 0.444. The lowest BCUT2D eigenvalue weighted by Gasteiger charge is -2.56. The van der Waals surface area contributed by atoms with Crippen molar-refractivity contribution in [3.8, 4) is 0 Å². The molecule has 0 amide bonds. The molecule has 7 rings (SSSR count). The topological polar surface area (TPSA) is 50.2 Å². The molecule has 3 nitrogen and oxygen atoms in total. The van der Waals surface area contributed by atoms with Crippen molar-refractivity contribution >= 4 is 39.5 Å². The number of thiazole rings is 1. The average molecular weight is 640 g/mol. The van der Waals surface area contributed by atoms with Crippen LogP contribution in [-0.4, -0.2) is 33.6 Å². The van der Waals surface area contributed by atoms with Gasteiger partial charge in [0.15, 0.2) is 5.78 Å². The number of rotatable bonds is 4. The van der Waals surface area contributed by atoms with Crippen LogP contribution in [0.15, 0.2) is 65.3 Å². The number of fused-ring (bicyclic) bond motifs is 5. The highest BCUT2D eigenvalue weighted by atomic mass is 32.1. The van der Waals surface area contributed by atoms with Gasteiger partial charge >= 0.3 is 12.1 Å². The van der Waals surface area contributed by atoms with Gasteiger partial charge in [-0.2, -0.15) is 22.0 Å². The SMILES string of the molecule is Cc1nc2cc(/C=C/c3ccc([C@H]4C[C@@]5(C)[C@@H](CC[C@@]5(O)C(F)(F)C(F)(F)F)[C@@H]5CCC6=CC(=O)CCC6=C54)cc3)ccc2s1. The van der Waals surface area contributed by atoms with Gasteiger partial charge in [0.25, 0.3) is 0 Å². The van der Waals surface area contributed by atoms with E-state index < -0.39 is 41.4 Å². The standard InChI is InChI=1S/C36H34F5NO2S/c1-20-42-30-17-22(7-14-31(30)45-20)4-3-21-5-8-23(9-6-21)28-19-33(2)29(15-16-34(33,44)35(37,38)36(39,40)41)27-12-10-24-18-25(43)11-13-26(24)32(27)28/h3-9,14,17-18,27-29,44H,10-13,15-16,19H2,1-2H3/b4-3+/t27-,28+,29-,33-,34-/m0/s1. The summed E-state index contributed by atoms with van der Waals surface area (Å²) in [5.74, 6) is -6.40.